The Kier molecular flexibility index (Phi) is 53.2. The lowest BCUT2D eigenvalue weighted by molar-refractivity contribution is -0.870. The highest BCUT2D eigenvalue weighted by Gasteiger charge is 2.27. The van der Waals surface area contributed by atoms with E-state index in [-0.39, 0.29) is 19.1 Å². The molecule has 3 atom stereocenters. The van der Waals surface area contributed by atoms with Crippen molar-refractivity contribution in [1.82, 2.24) is 5.32 Å². The molecule has 0 heterocycles. The molecule has 0 aromatic rings. The second kappa shape index (κ2) is 54.7. The average Bonchev–Trinajstić information content (AvgIpc) is 3.35. The molecule has 0 aliphatic carbocycles. The summed E-state index contributed by atoms with van der Waals surface area (Å²) in [7, 11) is 1.55. The fraction of sp³-hybridized carbons (Fsp3) is 0.797. The summed E-state index contributed by atoms with van der Waals surface area (Å²) in [6.45, 7) is 4.70. The molecule has 9 heteroatoms. The van der Waals surface area contributed by atoms with Crippen LogP contribution in [0.1, 0.15) is 277 Å². The summed E-state index contributed by atoms with van der Waals surface area (Å²) in [5.41, 5.74) is 0. The quantitative estimate of drug-likeness (QED) is 0.0243. The van der Waals surface area contributed by atoms with E-state index in [0.717, 1.165) is 70.6 Å². The van der Waals surface area contributed by atoms with Gasteiger partial charge in [-0.1, -0.05) is 273 Å². The number of phosphoric acid groups is 1. The first-order chi connectivity index (χ1) is 35.5. The van der Waals surface area contributed by atoms with Crippen LogP contribution in [0.4, 0.5) is 0 Å². The Balaban J connectivity index is 4.20. The highest BCUT2D eigenvalue weighted by atomic mass is 31.2. The summed E-state index contributed by atoms with van der Waals surface area (Å²) in [5.74, 6) is -0.195. The average molecular weight is 1040 g/mol. The molecule has 3 N–H and O–H groups in total. The van der Waals surface area contributed by atoms with Gasteiger partial charge in [0.1, 0.15) is 13.2 Å². The van der Waals surface area contributed by atoms with E-state index in [1.165, 1.54) is 186 Å². The van der Waals surface area contributed by atoms with Gasteiger partial charge in [0.15, 0.2) is 0 Å². The van der Waals surface area contributed by atoms with Crippen LogP contribution in [0.25, 0.3) is 0 Å². The molecule has 0 fully saturated rings. The molecule has 0 rings (SSSR count). The number of quaternary nitrogens is 1. The zero-order valence-electron chi connectivity index (χ0n) is 48.6. The Morgan fingerprint density at radius 1 is 0.479 bits per heavy atom. The highest BCUT2D eigenvalue weighted by Crippen LogP contribution is 2.43. The number of likely N-dealkylation sites (N-methyl/N-ethyl adjacent to an activating group) is 1. The van der Waals surface area contributed by atoms with Crippen LogP contribution in [0.5, 0.6) is 0 Å². The minimum absolute atomic E-state index is 0.0516. The van der Waals surface area contributed by atoms with E-state index in [2.05, 4.69) is 79.9 Å². The molecule has 0 saturated heterocycles. The predicted molar refractivity (Wildman–Crippen MR) is 318 cm³/mol. The van der Waals surface area contributed by atoms with E-state index in [0.29, 0.717) is 17.4 Å². The van der Waals surface area contributed by atoms with Crippen molar-refractivity contribution in [2.45, 2.75) is 289 Å². The third kappa shape index (κ3) is 57.5. The van der Waals surface area contributed by atoms with Crippen LogP contribution in [0.3, 0.4) is 0 Å². The first-order valence-electron chi connectivity index (χ1n) is 30.8. The first-order valence-corrected chi connectivity index (χ1v) is 32.3. The van der Waals surface area contributed by atoms with Crippen LogP contribution in [-0.4, -0.2) is 73.4 Å². The smallest absolute Gasteiger partial charge is 0.387 e. The predicted octanol–water partition coefficient (Wildman–Crippen LogP) is 19.0. The van der Waals surface area contributed by atoms with E-state index < -0.39 is 20.0 Å². The lowest BCUT2D eigenvalue weighted by atomic mass is 10.0. The summed E-state index contributed by atoms with van der Waals surface area (Å²) in [6, 6.07) is -0.873. The van der Waals surface area contributed by atoms with Crippen molar-refractivity contribution in [1.29, 1.82) is 0 Å². The second-order valence-electron chi connectivity index (χ2n) is 22.0. The summed E-state index contributed by atoms with van der Waals surface area (Å²) >= 11 is 0. The number of hydrogen-bond acceptors (Lipinski definition) is 5. The zero-order valence-corrected chi connectivity index (χ0v) is 49.5. The lowest BCUT2D eigenvalue weighted by Gasteiger charge is -2.25. The van der Waals surface area contributed by atoms with Crippen LogP contribution in [0.15, 0.2) is 72.9 Å². The molecule has 0 radical (unpaired) electrons. The maximum atomic E-state index is 13.0. The molecule has 8 nitrogen and oxygen atoms in total. The first kappa shape index (κ1) is 70.9. The molecule has 0 saturated carbocycles. The minimum Gasteiger partial charge on any atom is -0.387 e. The van der Waals surface area contributed by atoms with Crippen LogP contribution >= 0.6 is 7.82 Å². The van der Waals surface area contributed by atoms with E-state index in [1.54, 1.807) is 6.08 Å². The molecule has 0 aliphatic rings. The number of phosphoric ester groups is 1. The van der Waals surface area contributed by atoms with Crippen molar-refractivity contribution < 1.29 is 32.9 Å². The minimum atomic E-state index is -4.36. The number of nitrogens with one attached hydrogen (secondary N) is 1. The van der Waals surface area contributed by atoms with Crippen LogP contribution in [0, 0.1) is 0 Å². The fourth-order valence-corrected chi connectivity index (χ4v) is 9.61. The Morgan fingerprint density at radius 2 is 0.836 bits per heavy atom. The van der Waals surface area contributed by atoms with E-state index in [9.17, 15) is 19.4 Å². The Hall–Kier alpha value is -2.06. The maximum Gasteiger partial charge on any atom is 0.472 e. The van der Waals surface area contributed by atoms with Gasteiger partial charge in [-0.2, -0.15) is 0 Å². The molecule has 0 spiro atoms. The largest absolute Gasteiger partial charge is 0.472 e. The summed E-state index contributed by atoms with van der Waals surface area (Å²) < 4.78 is 23.7. The maximum absolute atomic E-state index is 13.0. The standard InChI is InChI=1S/C64H119N2O6P/c1-6-8-10-12-14-16-18-20-22-24-26-28-29-30-31-32-33-34-35-36-38-39-41-43-45-47-49-51-53-55-57-63(67)62(61-72-73(69,70)71-60-59-66(3,4)5)65-64(68)58-56-54-52-50-48-46-44-42-40-37-27-25-23-21-19-17-15-13-11-9-7-2/h9,11,15,17,21,23,27,37,47,49,55,57,62-63,67H,6-8,10,12-14,16,18-20,22,24-26,28-36,38-46,48,50-54,56,58-61H2,1-5H3,(H-,65,68,69,70)/p+1/b11-9-,17-15-,23-21-,37-27-,49-47+,57-55+. The van der Waals surface area contributed by atoms with Gasteiger partial charge in [-0.05, 0) is 70.6 Å². The number of hydrogen-bond donors (Lipinski definition) is 3. The Labute approximate surface area is 453 Å². The SMILES string of the molecule is CC/C=C\C/C=C\C/C=C\C/C=C\CCCCCCCCCCC(=O)NC(COP(=O)(O)OCC[N+](C)(C)C)C(O)/C=C/CC/C=C/CCCCCCCCCCCCCCCCCCCCCCCCCC. The van der Waals surface area contributed by atoms with E-state index in [1.807, 2.05) is 27.2 Å². The number of nitrogens with zero attached hydrogens (tertiary/aromatic N) is 1. The van der Waals surface area contributed by atoms with Gasteiger partial charge in [0.25, 0.3) is 0 Å². The van der Waals surface area contributed by atoms with Crippen molar-refractivity contribution in [3.8, 4) is 0 Å². The Morgan fingerprint density at radius 3 is 1.26 bits per heavy atom. The third-order valence-electron chi connectivity index (χ3n) is 13.7. The molecular weight excluding hydrogens is 924 g/mol. The monoisotopic (exact) mass is 1040 g/mol. The van der Waals surface area contributed by atoms with Gasteiger partial charge in [0.05, 0.1) is 39.9 Å². The van der Waals surface area contributed by atoms with Gasteiger partial charge in [0, 0.05) is 6.42 Å². The van der Waals surface area contributed by atoms with Gasteiger partial charge in [-0.25, -0.2) is 4.57 Å². The number of aliphatic hydroxyl groups excluding tert-OH is 1. The molecule has 0 aromatic carbocycles. The number of rotatable bonds is 56. The number of unbranched alkanes of at least 4 members (excludes halogenated alkanes) is 33. The number of carbonyl (C=O) groups excluding carboxylic acids is 1. The van der Waals surface area contributed by atoms with Crippen molar-refractivity contribution in [2.75, 3.05) is 40.9 Å². The second-order valence-corrected chi connectivity index (χ2v) is 23.5. The third-order valence-corrected chi connectivity index (χ3v) is 14.6. The molecular formula is C64H120N2O6P+. The lowest BCUT2D eigenvalue weighted by Crippen LogP contribution is -2.45. The molecule has 426 valence electrons. The van der Waals surface area contributed by atoms with E-state index >= 15 is 0 Å². The highest BCUT2D eigenvalue weighted by molar-refractivity contribution is 7.47. The van der Waals surface area contributed by atoms with Gasteiger partial charge in [-0.15, -0.1) is 0 Å². The van der Waals surface area contributed by atoms with Gasteiger partial charge in [0.2, 0.25) is 5.91 Å². The van der Waals surface area contributed by atoms with E-state index in [4.69, 9.17) is 9.05 Å². The van der Waals surface area contributed by atoms with Crippen LogP contribution < -0.4 is 5.32 Å². The number of allylic oxidation sites excluding steroid dienone is 11. The summed E-state index contributed by atoms with van der Waals surface area (Å²) in [5, 5.41) is 13.9. The normalized spacial score (nSPS) is 14.3. The molecule has 1 amide bonds. The van der Waals surface area contributed by atoms with Gasteiger partial charge >= 0.3 is 7.82 Å². The number of carbonyl (C=O) groups is 1. The molecule has 73 heavy (non-hydrogen) atoms. The fourth-order valence-electron chi connectivity index (χ4n) is 8.87. The molecule has 0 bridgehead atoms. The number of aliphatic hydroxyl groups is 1. The zero-order chi connectivity index (χ0) is 53.5. The topological polar surface area (TPSA) is 105 Å². The van der Waals surface area contributed by atoms with Crippen LogP contribution in [-0.2, 0) is 18.4 Å². The number of amides is 1. The van der Waals surface area contributed by atoms with Gasteiger partial charge < -0.3 is 19.8 Å². The summed E-state index contributed by atoms with van der Waals surface area (Å²) in [4.78, 5) is 23.3. The van der Waals surface area contributed by atoms with Crippen LogP contribution in [0.2, 0.25) is 0 Å². The van der Waals surface area contributed by atoms with Crippen molar-refractivity contribution >= 4 is 13.7 Å². The molecule has 3 unspecified atom stereocenters. The summed E-state index contributed by atoms with van der Waals surface area (Å²) in [6.07, 6.45) is 76.0. The van der Waals surface area contributed by atoms with Crippen molar-refractivity contribution in [3.63, 3.8) is 0 Å². The van der Waals surface area contributed by atoms with Crippen molar-refractivity contribution in [3.05, 3.63) is 72.9 Å². The van der Waals surface area contributed by atoms with Gasteiger partial charge in [-0.3, -0.25) is 13.8 Å². The van der Waals surface area contributed by atoms with Crippen molar-refractivity contribution in [2.24, 2.45) is 0 Å². The Bertz CT molecular complexity index is 1420. The molecule has 0 aromatic heterocycles. The molecule has 0 aliphatic heterocycles.